The van der Waals surface area contributed by atoms with Gasteiger partial charge >= 0.3 is 6.03 Å². The number of hydrogen-bond acceptors (Lipinski definition) is 8. The highest BCUT2D eigenvalue weighted by Gasteiger charge is 2.14. The van der Waals surface area contributed by atoms with E-state index in [0.717, 1.165) is 32.8 Å². The molecule has 0 unspecified atom stereocenters. The van der Waals surface area contributed by atoms with Crippen molar-refractivity contribution in [2.75, 3.05) is 51.2 Å². The molecule has 2 amide bonds. The third-order valence-corrected chi connectivity index (χ3v) is 6.54. The van der Waals surface area contributed by atoms with Gasteiger partial charge in [-0.2, -0.15) is 0 Å². The lowest BCUT2D eigenvalue weighted by Gasteiger charge is -2.26. The van der Waals surface area contributed by atoms with Crippen molar-refractivity contribution in [2.24, 2.45) is 0 Å². The molecule has 1 aliphatic rings. The van der Waals surface area contributed by atoms with E-state index in [1.807, 2.05) is 24.3 Å². The summed E-state index contributed by atoms with van der Waals surface area (Å²) in [6.45, 7) is 4.22. The first-order chi connectivity index (χ1) is 19.0. The highest BCUT2D eigenvalue weighted by molar-refractivity contribution is 6.34. The summed E-state index contributed by atoms with van der Waals surface area (Å²) in [6.07, 6.45) is 1.40. The predicted octanol–water partition coefficient (Wildman–Crippen LogP) is 5.57. The highest BCUT2D eigenvalue weighted by atomic mass is 35.5. The van der Waals surface area contributed by atoms with Crippen LogP contribution < -0.4 is 24.8 Å². The minimum Gasteiger partial charge on any atom is -0.493 e. The zero-order valence-electron chi connectivity index (χ0n) is 21.6. The van der Waals surface area contributed by atoms with E-state index in [1.54, 1.807) is 44.6 Å². The number of methoxy groups -OCH3 is 2. The van der Waals surface area contributed by atoms with Gasteiger partial charge in [0.1, 0.15) is 12.1 Å². The quantitative estimate of drug-likeness (QED) is 0.294. The van der Waals surface area contributed by atoms with Crippen LogP contribution in [0.2, 0.25) is 5.02 Å². The van der Waals surface area contributed by atoms with E-state index in [4.69, 9.17) is 30.5 Å². The Balaban J connectivity index is 1.22. The van der Waals surface area contributed by atoms with Crippen LogP contribution in [0.25, 0.3) is 10.9 Å². The number of aromatic nitrogens is 2. The van der Waals surface area contributed by atoms with Gasteiger partial charge in [0.25, 0.3) is 0 Å². The van der Waals surface area contributed by atoms with Gasteiger partial charge in [-0.3, -0.25) is 4.90 Å². The lowest BCUT2D eigenvalue weighted by atomic mass is 10.2. The molecule has 0 aliphatic carbocycles. The third-order valence-electron chi connectivity index (χ3n) is 6.23. The number of amides is 2. The molecule has 202 valence electrons. The fraction of sp³-hybridized carbons (Fsp3) is 0.250. The second kappa shape index (κ2) is 12.2. The van der Waals surface area contributed by atoms with Gasteiger partial charge in [0.05, 0.1) is 49.0 Å². The molecule has 3 aromatic carbocycles. The van der Waals surface area contributed by atoms with E-state index in [1.165, 1.54) is 11.9 Å². The van der Waals surface area contributed by atoms with Crippen LogP contribution in [0.15, 0.2) is 60.9 Å². The van der Waals surface area contributed by atoms with Crippen LogP contribution in [-0.4, -0.2) is 61.4 Å². The van der Waals surface area contributed by atoms with Crippen molar-refractivity contribution in [3.8, 4) is 23.1 Å². The van der Waals surface area contributed by atoms with Gasteiger partial charge < -0.3 is 29.6 Å². The maximum Gasteiger partial charge on any atom is 0.323 e. The second-order valence-corrected chi connectivity index (χ2v) is 9.22. The molecule has 0 spiro atoms. The predicted molar refractivity (Wildman–Crippen MR) is 149 cm³/mol. The van der Waals surface area contributed by atoms with Crippen molar-refractivity contribution < 1.29 is 23.7 Å². The lowest BCUT2D eigenvalue weighted by molar-refractivity contribution is 0.0342. The largest absolute Gasteiger partial charge is 0.493 e. The molecule has 1 saturated heterocycles. The average Bonchev–Trinajstić information content (AvgIpc) is 2.95. The summed E-state index contributed by atoms with van der Waals surface area (Å²) in [5.74, 6) is 1.85. The van der Waals surface area contributed by atoms with Crippen molar-refractivity contribution >= 4 is 39.9 Å². The number of anilines is 2. The minimum atomic E-state index is -0.408. The number of rotatable bonds is 8. The molecule has 4 aromatic rings. The van der Waals surface area contributed by atoms with Crippen LogP contribution >= 0.6 is 11.6 Å². The molecule has 2 N–H and O–H groups in total. The number of benzene rings is 3. The Bertz CT molecular complexity index is 1460. The molecule has 2 heterocycles. The number of hydrogen-bond donors (Lipinski definition) is 2. The lowest BCUT2D eigenvalue weighted by Crippen LogP contribution is -2.35. The van der Waals surface area contributed by atoms with Gasteiger partial charge in [0.15, 0.2) is 11.5 Å². The Morgan fingerprint density at radius 2 is 1.72 bits per heavy atom. The summed E-state index contributed by atoms with van der Waals surface area (Å²) in [6, 6.07) is 15.8. The van der Waals surface area contributed by atoms with Crippen molar-refractivity contribution in [2.45, 2.75) is 6.54 Å². The van der Waals surface area contributed by atoms with Crippen LogP contribution in [0, 0.1) is 0 Å². The van der Waals surface area contributed by atoms with E-state index in [0.29, 0.717) is 50.4 Å². The number of fused-ring (bicyclic) bond motifs is 1. The first-order valence-electron chi connectivity index (χ1n) is 12.3. The molecule has 0 radical (unpaired) electrons. The Labute approximate surface area is 230 Å². The number of nitrogens with one attached hydrogen (secondary N) is 2. The zero-order valence-corrected chi connectivity index (χ0v) is 22.3. The molecule has 39 heavy (non-hydrogen) atoms. The fourth-order valence-electron chi connectivity index (χ4n) is 4.21. The van der Waals surface area contributed by atoms with E-state index >= 15 is 0 Å². The van der Waals surface area contributed by atoms with E-state index in [2.05, 4.69) is 25.5 Å². The van der Waals surface area contributed by atoms with Crippen LogP contribution in [0.1, 0.15) is 5.56 Å². The summed E-state index contributed by atoms with van der Waals surface area (Å²) < 4.78 is 22.1. The molecular weight excluding hydrogens is 522 g/mol. The molecular formula is C28H28ClN5O5. The Kier molecular flexibility index (Phi) is 8.26. The summed E-state index contributed by atoms with van der Waals surface area (Å²) in [4.78, 5) is 23.5. The molecule has 11 heteroatoms. The molecule has 1 aromatic heterocycles. The van der Waals surface area contributed by atoms with E-state index in [9.17, 15) is 4.79 Å². The summed E-state index contributed by atoms with van der Waals surface area (Å²) >= 11 is 6.46. The first kappa shape index (κ1) is 26.5. The van der Waals surface area contributed by atoms with Crippen LogP contribution in [-0.2, 0) is 11.3 Å². The van der Waals surface area contributed by atoms with Gasteiger partial charge in [0.2, 0.25) is 5.88 Å². The molecule has 0 bridgehead atoms. The molecule has 0 atom stereocenters. The van der Waals surface area contributed by atoms with E-state index in [-0.39, 0.29) is 0 Å². The van der Waals surface area contributed by atoms with Gasteiger partial charge in [-0.05, 0) is 35.9 Å². The Hall–Kier alpha value is -4.12. The number of carbonyl (C=O) groups excluding carboxylic acids is 1. The number of urea groups is 1. The summed E-state index contributed by atoms with van der Waals surface area (Å²) in [5, 5.41) is 6.55. The maximum atomic E-state index is 12.6. The average molecular weight is 550 g/mol. The van der Waals surface area contributed by atoms with Crippen molar-refractivity contribution in [1.82, 2.24) is 14.9 Å². The highest BCUT2D eigenvalue weighted by Crippen LogP contribution is 2.36. The van der Waals surface area contributed by atoms with Crippen molar-refractivity contribution in [3.05, 3.63) is 71.5 Å². The zero-order chi connectivity index (χ0) is 27.2. The van der Waals surface area contributed by atoms with E-state index < -0.39 is 6.03 Å². The maximum absolute atomic E-state index is 12.6. The number of ether oxygens (including phenoxy) is 4. The Morgan fingerprint density at radius 3 is 2.44 bits per heavy atom. The van der Waals surface area contributed by atoms with Gasteiger partial charge in [-0.1, -0.05) is 23.7 Å². The molecule has 10 nitrogen and oxygen atoms in total. The number of halogens is 1. The molecule has 1 aliphatic heterocycles. The van der Waals surface area contributed by atoms with Crippen molar-refractivity contribution in [1.29, 1.82) is 0 Å². The van der Waals surface area contributed by atoms with Crippen molar-refractivity contribution in [3.63, 3.8) is 0 Å². The monoisotopic (exact) mass is 549 g/mol. The number of carbonyl (C=O) groups is 1. The summed E-state index contributed by atoms with van der Waals surface area (Å²) in [5.41, 5.74) is 2.92. The minimum absolute atomic E-state index is 0.307. The second-order valence-electron chi connectivity index (χ2n) is 8.81. The standard InChI is InChI=1S/C28H28ClN5O5/c1-36-25-14-21-24(15-26(25)37-2)30-17-31-27(21)39-20-7-8-23(22(29)13-20)33-28(35)32-19-5-3-18(4-6-19)16-34-9-11-38-12-10-34/h3-8,13-15,17H,9-12,16H2,1-2H3,(H2,32,33,35). The molecule has 5 rings (SSSR count). The van der Waals surface area contributed by atoms with Gasteiger partial charge in [-0.25, -0.2) is 14.8 Å². The normalized spacial score (nSPS) is 13.6. The Morgan fingerprint density at radius 1 is 0.974 bits per heavy atom. The fourth-order valence-corrected chi connectivity index (χ4v) is 4.43. The SMILES string of the molecule is COc1cc2ncnc(Oc3ccc(NC(=O)Nc4ccc(CN5CCOCC5)cc4)c(Cl)c3)c2cc1OC. The van der Waals surface area contributed by atoms with Gasteiger partial charge in [-0.15, -0.1) is 0 Å². The van der Waals surface area contributed by atoms with Crippen LogP contribution in [0.3, 0.4) is 0 Å². The van der Waals surface area contributed by atoms with Gasteiger partial charge in [0, 0.05) is 37.5 Å². The summed E-state index contributed by atoms with van der Waals surface area (Å²) in [7, 11) is 3.11. The first-order valence-corrected chi connectivity index (χ1v) is 12.7. The topological polar surface area (TPSA) is 107 Å². The third kappa shape index (κ3) is 6.48. The molecule has 0 saturated carbocycles. The number of morpholine rings is 1. The number of nitrogens with zero attached hydrogens (tertiary/aromatic N) is 3. The van der Waals surface area contributed by atoms with Crippen LogP contribution in [0.4, 0.5) is 16.2 Å². The smallest absolute Gasteiger partial charge is 0.323 e. The van der Waals surface area contributed by atoms with Crippen LogP contribution in [0.5, 0.6) is 23.1 Å². The molecule has 1 fully saturated rings.